The third-order valence-corrected chi connectivity index (χ3v) is 3.02. The van der Waals surface area contributed by atoms with Gasteiger partial charge in [-0.1, -0.05) is 0 Å². The van der Waals surface area contributed by atoms with Gasteiger partial charge in [-0.3, -0.25) is 14.7 Å². The van der Waals surface area contributed by atoms with E-state index in [4.69, 9.17) is 5.73 Å². The summed E-state index contributed by atoms with van der Waals surface area (Å²) in [5.74, 6) is 0.658. The maximum absolute atomic E-state index is 11.2. The Morgan fingerprint density at radius 1 is 1.26 bits per heavy atom. The van der Waals surface area contributed by atoms with Gasteiger partial charge in [0.15, 0.2) is 5.96 Å². The van der Waals surface area contributed by atoms with Crippen LogP contribution >= 0.6 is 0 Å². The van der Waals surface area contributed by atoms with E-state index < -0.39 is 0 Å². The number of aliphatic imine (C=N–C) groups is 1. The predicted octanol–water partition coefficient (Wildman–Crippen LogP) is -0.147. The molecule has 6 nitrogen and oxygen atoms in total. The molecule has 0 aromatic carbocycles. The monoisotopic (exact) mass is 269 g/mol. The van der Waals surface area contributed by atoms with Crippen molar-refractivity contribution in [2.75, 3.05) is 39.3 Å². The van der Waals surface area contributed by atoms with Gasteiger partial charge in [-0.2, -0.15) is 0 Å². The van der Waals surface area contributed by atoms with Gasteiger partial charge < -0.3 is 16.0 Å². The summed E-state index contributed by atoms with van der Waals surface area (Å²) in [5, 5.41) is 3.14. The van der Waals surface area contributed by atoms with Crippen molar-refractivity contribution in [3.63, 3.8) is 0 Å². The zero-order chi connectivity index (χ0) is 14.5. The van der Waals surface area contributed by atoms with Crippen molar-refractivity contribution < 1.29 is 4.79 Å². The van der Waals surface area contributed by atoms with Crippen LogP contribution in [0, 0.1) is 0 Å². The number of carbonyl (C=O) groups is 1. The van der Waals surface area contributed by atoms with Gasteiger partial charge >= 0.3 is 0 Å². The van der Waals surface area contributed by atoms with Crippen LogP contribution in [0.2, 0.25) is 0 Å². The molecule has 6 heteroatoms. The lowest BCUT2D eigenvalue weighted by molar-refractivity contribution is -0.130. The van der Waals surface area contributed by atoms with E-state index in [1.54, 1.807) is 6.92 Å². The number of rotatable bonds is 3. The highest BCUT2D eigenvalue weighted by atomic mass is 16.2. The number of nitrogens with two attached hydrogens (primary N) is 1. The van der Waals surface area contributed by atoms with E-state index in [1.807, 2.05) is 4.90 Å². The van der Waals surface area contributed by atoms with E-state index in [9.17, 15) is 4.79 Å². The quantitative estimate of drug-likeness (QED) is 0.552. The Kier molecular flexibility index (Phi) is 5.60. The molecule has 110 valence electrons. The molecule has 0 aromatic heterocycles. The molecule has 0 unspecified atom stereocenters. The second-order valence-electron chi connectivity index (χ2n) is 5.99. The molecule has 1 saturated heterocycles. The van der Waals surface area contributed by atoms with Crippen molar-refractivity contribution >= 4 is 11.9 Å². The van der Waals surface area contributed by atoms with E-state index in [0.717, 1.165) is 32.7 Å². The third kappa shape index (κ3) is 6.42. The van der Waals surface area contributed by atoms with Gasteiger partial charge in [0, 0.05) is 45.2 Å². The van der Waals surface area contributed by atoms with Crippen molar-refractivity contribution in [2.24, 2.45) is 10.7 Å². The van der Waals surface area contributed by atoms with Crippen LogP contribution in [-0.2, 0) is 4.79 Å². The molecule has 0 aliphatic carbocycles. The zero-order valence-corrected chi connectivity index (χ0v) is 12.6. The average Bonchev–Trinajstić information content (AvgIpc) is 2.27. The first kappa shape index (κ1) is 15.8. The number of amides is 1. The minimum atomic E-state index is -0.0549. The fourth-order valence-corrected chi connectivity index (χ4v) is 2.02. The molecule has 0 atom stereocenters. The number of piperazine rings is 1. The van der Waals surface area contributed by atoms with Crippen molar-refractivity contribution in [2.45, 2.75) is 33.2 Å². The van der Waals surface area contributed by atoms with E-state index in [0.29, 0.717) is 12.5 Å². The standard InChI is InChI=1S/C13H27N5O/c1-11(19)18-9-7-17(8-10-18)6-5-15-12(14)16-13(2,3)4/h5-10H2,1-4H3,(H3,14,15,16). The molecule has 1 aliphatic rings. The maximum Gasteiger partial charge on any atom is 0.219 e. The largest absolute Gasteiger partial charge is 0.370 e. The van der Waals surface area contributed by atoms with Gasteiger partial charge in [0.2, 0.25) is 5.91 Å². The van der Waals surface area contributed by atoms with Crippen LogP contribution in [0.4, 0.5) is 0 Å². The summed E-state index contributed by atoms with van der Waals surface area (Å²) in [7, 11) is 0. The molecule has 19 heavy (non-hydrogen) atoms. The number of hydrogen-bond donors (Lipinski definition) is 2. The van der Waals surface area contributed by atoms with Gasteiger partial charge in [0.25, 0.3) is 0 Å². The van der Waals surface area contributed by atoms with E-state index >= 15 is 0 Å². The van der Waals surface area contributed by atoms with Gasteiger partial charge in [-0.05, 0) is 20.8 Å². The zero-order valence-electron chi connectivity index (χ0n) is 12.6. The summed E-state index contributed by atoms with van der Waals surface area (Å²) in [6.45, 7) is 12.8. The Labute approximate surface area is 116 Å². The molecule has 1 amide bonds. The molecule has 0 aromatic rings. The van der Waals surface area contributed by atoms with Crippen molar-refractivity contribution in [3.8, 4) is 0 Å². The predicted molar refractivity (Wildman–Crippen MR) is 78.1 cm³/mol. The second kappa shape index (κ2) is 6.75. The minimum absolute atomic E-state index is 0.0549. The number of carbonyl (C=O) groups excluding carboxylic acids is 1. The summed E-state index contributed by atoms with van der Waals surface area (Å²) in [6, 6.07) is 0. The van der Waals surface area contributed by atoms with Gasteiger partial charge in [-0.25, -0.2) is 0 Å². The Bertz CT molecular complexity index is 326. The van der Waals surface area contributed by atoms with Gasteiger partial charge in [-0.15, -0.1) is 0 Å². The van der Waals surface area contributed by atoms with E-state index in [-0.39, 0.29) is 11.4 Å². The Hall–Kier alpha value is -1.30. The lowest BCUT2D eigenvalue weighted by atomic mass is 10.1. The highest BCUT2D eigenvalue weighted by Crippen LogP contribution is 2.01. The first-order valence-electron chi connectivity index (χ1n) is 6.84. The molecular weight excluding hydrogens is 242 g/mol. The number of nitrogens with zero attached hydrogens (tertiary/aromatic N) is 3. The third-order valence-electron chi connectivity index (χ3n) is 3.02. The normalized spacial score (nSPS) is 18.5. The molecule has 0 spiro atoms. The molecule has 0 saturated carbocycles. The van der Waals surface area contributed by atoms with Crippen LogP contribution in [-0.4, -0.2) is 66.5 Å². The second-order valence-corrected chi connectivity index (χ2v) is 5.99. The summed E-state index contributed by atoms with van der Waals surface area (Å²) >= 11 is 0. The van der Waals surface area contributed by atoms with E-state index in [1.165, 1.54) is 0 Å². The van der Waals surface area contributed by atoms with Crippen molar-refractivity contribution in [3.05, 3.63) is 0 Å². The smallest absolute Gasteiger partial charge is 0.219 e. The Morgan fingerprint density at radius 3 is 2.32 bits per heavy atom. The fourth-order valence-electron chi connectivity index (χ4n) is 2.02. The SMILES string of the molecule is CC(=O)N1CCN(CCN=C(N)NC(C)(C)C)CC1. The number of nitrogens with one attached hydrogen (secondary N) is 1. The first-order chi connectivity index (χ1) is 8.78. The molecule has 0 radical (unpaired) electrons. The molecule has 1 heterocycles. The summed E-state index contributed by atoms with van der Waals surface area (Å²) in [6.07, 6.45) is 0. The van der Waals surface area contributed by atoms with Gasteiger partial charge in [0.1, 0.15) is 0 Å². The average molecular weight is 269 g/mol. The van der Waals surface area contributed by atoms with Crippen LogP contribution in [0.1, 0.15) is 27.7 Å². The summed E-state index contributed by atoms with van der Waals surface area (Å²) in [4.78, 5) is 19.7. The minimum Gasteiger partial charge on any atom is -0.370 e. The molecule has 3 N–H and O–H groups in total. The van der Waals surface area contributed by atoms with Crippen molar-refractivity contribution in [1.29, 1.82) is 0 Å². The Morgan fingerprint density at radius 2 is 1.84 bits per heavy atom. The summed E-state index contributed by atoms with van der Waals surface area (Å²) < 4.78 is 0. The topological polar surface area (TPSA) is 74.0 Å². The fraction of sp³-hybridized carbons (Fsp3) is 0.846. The Balaban J connectivity index is 2.24. The number of hydrogen-bond acceptors (Lipinski definition) is 3. The highest BCUT2D eigenvalue weighted by Gasteiger charge is 2.17. The van der Waals surface area contributed by atoms with Crippen molar-refractivity contribution in [1.82, 2.24) is 15.1 Å². The lowest BCUT2D eigenvalue weighted by Crippen LogP contribution is -2.49. The molecule has 1 aliphatic heterocycles. The first-order valence-corrected chi connectivity index (χ1v) is 6.84. The van der Waals surface area contributed by atoms with Crippen LogP contribution in [0.25, 0.3) is 0 Å². The van der Waals surface area contributed by atoms with Gasteiger partial charge in [0.05, 0.1) is 6.54 Å². The van der Waals surface area contributed by atoms with E-state index in [2.05, 4.69) is 36.0 Å². The highest BCUT2D eigenvalue weighted by molar-refractivity contribution is 5.78. The van der Waals surface area contributed by atoms with Crippen LogP contribution < -0.4 is 11.1 Å². The van der Waals surface area contributed by atoms with Crippen LogP contribution in [0.5, 0.6) is 0 Å². The number of guanidine groups is 1. The van der Waals surface area contributed by atoms with Crippen LogP contribution in [0.15, 0.2) is 4.99 Å². The van der Waals surface area contributed by atoms with Crippen LogP contribution in [0.3, 0.4) is 0 Å². The lowest BCUT2D eigenvalue weighted by Gasteiger charge is -2.33. The summed E-state index contributed by atoms with van der Waals surface area (Å²) in [5.41, 5.74) is 5.75. The maximum atomic E-state index is 11.2. The molecule has 0 bridgehead atoms. The molecule has 1 fully saturated rings. The molecular formula is C13H27N5O. The molecule has 1 rings (SSSR count).